The zero-order chi connectivity index (χ0) is 24.2. The van der Waals surface area contributed by atoms with E-state index in [0.717, 1.165) is 0 Å². The van der Waals surface area contributed by atoms with Gasteiger partial charge in [-0.1, -0.05) is 11.6 Å². The van der Waals surface area contributed by atoms with Crippen molar-refractivity contribution < 1.29 is 19.7 Å². The quantitative estimate of drug-likeness (QED) is 0.287. The van der Waals surface area contributed by atoms with Gasteiger partial charge in [0.15, 0.2) is 17.7 Å². The summed E-state index contributed by atoms with van der Waals surface area (Å²) in [7, 11) is 1.88. The van der Waals surface area contributed by atoms with Gasteiger partial charge in [-0.05, 0) is 44.3 Å². The molecule has 6 N–H and O–H groups in total. The number of ether oxygens (including phenoxy) is 1. The summed E-state index contributed by atoms with van der Waals surface area (Å²) >= 11 is 5.84. The van der Waals surface area contributed by atoms with Crippen LogP contribution in [-0.4, -0.2) is 85.7 Å². The van der Waals surface area contributed by atoms with E-state index in [9.17, 15) is 15.0 Å². The predicted molar refractivity (Wildman–Crippen MR) is 126 cm³/mol. The van der Waals surface area contributed by atoms with Crippen LogP contribution in [0.3, 0.4) is 0 Å². The van der Waals surface area contributed by atoms with Crippen molar-refractivity contribution >= 4 is 40.3 Å². The average molecular weight is 491 g/mol. The van der Waals surface area contributed by atoms with Crippen molar-refractivity contribution in [3.8, 4) is 0 Å². The van der Waals surface area contributed by atoms with Crippen LogP contribution in [0.5, 0.6) is 0 Å². The number of halogens is 1. The zero-order valence-corrected chi connectivity index (χ0v) is 19.3. The van der Waals surface area contributed by atoms with E-state index in [2.05, 4.69) is 25.6 Å². The molecule has 3 aromatic rings. The monoisotopic (exact) mass is 490 g/mol. The highest BCUT2D eigenvalue weighted by atomic mass is 35.5. The summed E-state index contributed by atoms with van der Waals surface area (Å²) in [5, 5.41) is 27.2. The fraction of sp³-hybridized carbons (Fsp3) is 0.429. The number of nitrogens with two attached hydrogens (primary N) is 1. The number of hydrogen-bond donors (Lipinski definition) is 5. The maximum absolute atomic E-state index is 12.0. The number of aliphatic hydroxyl groups is 2. The lowest BCUT2D eigenvalue weighted by molar-refractivity contribution is -0.0421. The van der Waals surface area contributed by atoms with Gasteiger partial charge in [0.05, 0.1) is 6.33 Å². The number of rotatable bonds is 8. The molecule has 12 nitrogen and oxygen atoms in total. The highest BCUT2D eigenvalue weighted by Gasteiger charge is 2.44. The Bertz CT molecular complexity index is 1130. The maximum atomic E-state index is 12.0. The van der Waals surface area contributed by atoms with Gasteiger partial charge in [-0.25, -0.2) is 19.7 Å². The molecule has 0 bridgehead atoms. The topological polar surface area (TPSA) is 164 Å². The van der Waals surface area contributed by atoms with Gasteiger partial charge in [0.2, 0.25) is 0 Å². The molecule has 1 aliphatic heterocycles. The minimum absolute atomic E-state index is 0.225. The molecule has 34 heavy (non-hydrogen) atoms. The number of fused-ring (bicyclic) bond motifs is 1. The van der Waals surface area contributed by atoms with Gasteiger partial charge in [0.25, 0.3) is 0 Å². The van der Waals surface area contributed by atoms with Gasteiger partial charge in [-0.15, -0.1) is 0 Å². The lowest BCUT2D eigenvalue weighted by atomic mass is 10.1. The summed E-state index contributed by atoms with van der Waals surface area (Å²) in [5.41, 5.74) is 7.30. The molecule has 13 heteroatoms. The third-order valence-corrected chi connectivity index (χ3v) is 5.85. The Morgan fingerprint density at radius 2 is 2.00 bits per heavy atom. The molecule has 0 aliphatic carbocycles. The number of nitrogens with one attached hydrogen (secondary N) is 2. The van der Waals surface area contributed by atoms with Crippen molar-refractivity contribution in [2.45, 2.75) is 31.0 Å². The summed E-state index contributed by atoms with van der Waals surface area (Å²) in [6.45, 7) is 1.49. The van der Waals surface area contributed by atoms with Crippen LogP contribution in [0.2, 0.25) is 5.02 Å². The van der Waals surface area contributed by atoms with Crippen LogP contribution in [0, 0.1) is 0 Å². The highest BCUT2D eigenvalue weighted by molar-refractivity contribution is 6.30. The van der Waals surface area contributed by atoms with Gasteiger partial charge >= 0.3 is 6.03 Å². The molecular weight excluding hydrogens is 464 g/mol. The first kappa shape index (κ1) is 24.1. The Balaban J connectivity index is 1.24. The number of carbonyl (C=O) groups is 1. The van der Waals surface area contributed by atoms with E-state index in [0.29, 0.717) is 47.9 Å². The molecule has 1 aromatic carbocycles. The van der Waals surface area contributed by atoms with Crippen LogP contribution in [0.4, 0.5) is 16.3 Å². The van der Waals surface area contributed by atoms with E-state index < -0.39 is 24.5 Å². The molecule has 2 amide bonds. The third kappa shape index (κ3) is 5.37. The molecule has 0 radical (unpaired) electrons. The number of aliphatic hydroxyl groups excluding tert-OH is 2. The molecule has 4 atom stereocenters. The number of imidazole rings is 1. The lowest BCUT2D eigenvalue weighted by Gasteiger charge is -2.22. The molecular formula is C21H27ClN8O4. The van der Waals surface area contributed by atoms with Gasteiger partial charge in [-0.3, -0.25) is 4.57 Å². The van der Waals surface area contributed by atoms with Gasteiger partial charge in [0.1, 0.15) is 30.2 Å². The number of benzene rings is 1. The number of hydrogen-bond acceptors (Lipinski definition) is 9. The number of likely N-dealkylation sites (N-methyl/N-ethyl adjacent to an activating group) is 1. The molecule has 1 aliphatic rings. The summed E-state index contributed by atoms with van der Waals surface area (Å²) in [6, 6.07) is 6.54. The number of anilines is 2. The van der Waals surface area contributed by atoms with Crippen LogP contribution in [0.25, 0.3) is 11.2 Å². The Morgan fingerprint density at radius 1 is 1.24 bits per heavy atom. The summed E-state index contributed by atoms with van der Waals surface area (Å²) in [6.07, 6.45) is -0.278. The molecule has 3 heterocycles. The molecule has 1 fully saturated rings. The second-order valence-electron chi connectivity index (χ2n) is 8.13. The fourth-order valence-corrected chi connectivity index (χ4v) is 3.95. The highest BCUT2D eigenvalue weighted by Crippen LogP contribution is 2.32. The predicted octanol–water partition coefficient (Wildman–Crippen LogP) is 0.825. The van der Waals surface area contributed by atoms with Gasteiger partial charge in [0, 0.05) is 23.8 Å². The standard InChI is InChI=1S/C21H27ClN8O4/c1-29(8-2-7-24-21(33)28-13-5-3-12(22)4-6-13)9-14-16(31)17(32)20(34-14)30-11-27-15-18(23)25-10-26-19(15)30/h3-6,10-11,14,16-17,20,31-32H,2,7-9H2,1H3,(H2,23,25,26)(H2,24,28,33)/t14-,16-,17?,20-/m1/s1. The molecule has 0 saturated carbocycles. The van der Waals surface area contributed by atoms with Crippen LogP contribution in [0.15, 0.2) is 36.9 Å². The Kier molecular flexibility index (Phi) is 7.44. The van der Waals surface area contributed by atoms with Crippen molar-refractivity contribution in [1.82, 2.24) is 29.7 Å². The number of carbonyl (C=O) groups excluding carboxylic acids is 1. The molecule has 1 saturated heterocycles. The fourth-order valence-electron chi connectivity index (χ4n) is 3.82. The van der Waals surface area contributed by atoms with Crippen molar-refractivity contribution in [1.29, 1.82) is 0 Å². The Hall–Kier alpha value is -3.03. The normalized spacial score (nSPS) is 22.4. The first-order valence-corrected chi connectivity index (χ1v) is 11.1. The average Bonchev–Trinajstić information content (AvgIpc) is 3.36. The van der Waals surface area contributed by atoms with Gasteiger partial charge in [-0.2, -0.15) is 0 Å². The zero-order valence-electron chi connectivity index (χ0n) is 18.5. The molecule has 0 spiro atoms. The van der Waals surface area contributed by atoms with E-state index in [-0.39, 0.29) is 11.8 Å². The van der Waals surface area contributed by atoms with Crippen LogP contribution >= 0.6 is 11.6 Å². The molecule has 2 aromatic heterocycles. The van der Waals surface area contributed by atoms with Crippen molar-refractivity contribution in [2.75, 3.05) is 37.7 Å². The largest absolute Gasteiger partial charge is 0.387 e. The Labute approximate surface area is 200 Å². The first-order valence-electron chi connectivity index (χ1n) is 10.8. The van der Waals surface area contributed by atoms with Gasteiger partial charge < -0.3 is 36.2 Å². The SMILES string of the molecule is CN(CCCNC(=O)Nc1ccc(Cl)cc1)C[C@H]1O[C@@H](n2cnc3c(N)ncnc32)C(O)[C@@H]1O. The van der Waals surface area contributed by atoms with E-state index in [1.807, 2.05) is 11.9 Å². The van der Waals surface area contributed by atoms with E-state index >= 15 is 0 Å². The maximum Gasteiger partial charge on any atom is 0.319 e. The second kappa shape index (κ2) is 10.5. The van der Waals surface area contributed by atoms with Crippen LogP contribution < -0.4 is 16.4 Å². The first-order chi connectivity index (χ1) is 16.3. The number of amides is 2. The molecule has 182 valence electrons. The summed E-state index contributed by atoms with van der Waals surface area (Å²) in [4.78, 5) is 26.2. The number of urea groups is 1. The van der Waals surface area contributed by atoms with Crippen LogP contribution in [0.1, 0.15) is 12.6 Å². The van der Waals surface area contributed by atoms with E-state index in [1.54, 1.807) is 28.8 Å². The molecule has 1 unspecified atom stereocenters. The third-order valence-electron chi connectivity index (χ3n) is 5.59. The minimum Gasteiger partial charge on any atom is -0.387 e. The minimum atomic E-state index is -1.16. The molecule has 4 rings (SSSR count). The Morgan fingerprint density at radius 3 is 2.76 bits per heavy atom. The van der Waals surface area contributed by atoms with E-state index in [4.69, 9.17) is 22.1 Å². The van der Waals surface area contributed by atoms with E-state index in [1.165, 1.54) is 12.7 Å². The van der Waals surface area contributed by atoms with Crippen molar-refractivity contribution in [3.63, 3.8) is 0 Å². The number of nitrogen functional groups attached to an aromatic ring is 1. The number of aromatic nitrogens is 4. The van der Waals surface area contributed by atoms with Crippen molar-refractivity contribution in [3.05, 3.63) is 41.9 Å². The summed E-state index contributed by atoms with van der Waals surface area (Å²) in [5.74, 6) is 0.225. The second-order valence-corrected chi connectivity index (χ2v) is 8.57. The lowest BCUT2D eigenvalue weighted by Crippen LogP contribution is -2.39. The number of nitrogens with zero attached hydrogens (tertiary/aromatic N) is 5. The smallest absolute Gasteiger partial charge is 0.319 e. The van der Waals surface area contributed by atoms with Crippen LogP contribution in [-0.2, 0) is 4.74 Å². The van der Waals surface area contributed by atoms with Crippen molar-refractivity contribution in [2.24, 2.45) is 0 Å². The summed E-state index contributed by atoms with van der Waals surface area (Å²) < 4.78 is 7.51.